The molecule has 4 heteroatoms. The molecule has 1 N–H and O–H groups in total. The van der Waals surface area contributed by atoms with Gasteiger partial charge in [0.25, 0.3) is 0 Å². The second kappa shape index (κ2) is 4.92. The van der Waals surface area contributed by atoms with Gasteiger partial charge in [0.05, 0.1) is 0 Å². The van der Waals surface area contributed by atoms with Crippen molar-refractivity contribution >= 4 is 18.3 Å². The Morgan fingerprint density at radius 2 is 1.81 bits per heavy atom. The molecule has 1 amide bonds. The van der Waals surface area contributed by atoms with E-state index in [-0.39, 0.29) is 17.8 Å². The molecule has 2 fully saturated rings. The topological polar surface area (TPSA) is 32.3 Å². The average Bonchev–Trinajstić information content (AvgIpc) is 2.75. The lowest BCUT2D eigenvalue weighted by Crippen LogP contribution is -2.40. The normalized spacial score (nSPS) is 28.8. The van der Waals surface area contributed by atoms with Crippen molar-refractivity contribution in [3.05, 3.63) is 0 Å². The van der Waals surface area contributed by atoms with Crippen LogP contribution in [0.2, 0.25) is 0 Å². The SMILES string of the molecule is CCC(C)(C)C(=O)N1C[C@H]2CNC[C@H]2C1.Cl. The molecular formula is C12H23ClN2O. The van der Waals surface area contributed by atoms with Gasteiger partial charge in [0, 0.05) is 31.6 Å². The summed E-state index contributed by atoms with van der Waals surface area (Å²) in [7, 11) is 0. The van der Waals surface area contributed by atoms with E-state index in [0.29, 0.717) is 17.7 Å². The maximum absolute atomic E-state index is 12.2. The molecule has 2 rings (SSSR count). The summed E-state index contributed by atoms with van der Waals surface area (Å²) in [6.07, 6.45) is 0.927. The summed E-state index contributed by atoms with van der Waals surface area (Å²) >= 11 is 0. The third-order valence-corrected chi connectivity index (χ3v) is 4.14. The van der Waals surface area contributed by atoms with Crippen LogP contribution in [-0.4, -0.2) is 37.0 Å². The minimum Gasteiger partial charge on any atom is -0.342 e. The van der Waals surface area contributed by atoms with Crippen molar-refractivity contribution in [2.24, 2.45) is 17.3 Å². The standard InChI is InChI=1S/C12H22N2O.ClH/c1-4-12(2,3)11(15)14-7-9-5-13-6-10(9)8-14;/h9-10,13H,4-8H2,1-3H3;1H/t9-,10+;. The Kier molecular flexibility index (Phi) is 4.24. The molecule has 0 spiro atoms. The van der Waals surface area contributed by atoms with Gasteiger partial charge in [-0.2, -0.15) is 0 Å². The van der Waals surface area contributed by atoms with Crippen molar-refractivity contribution in [1.29, 1.82) is 0 Å². The Balaban J connectivity index is 0.00000128. The van der Waals surface area contributed by atoms with E-state index >= 15 is 0 Å². The molecule has 16 heavy (non-hydrogen) atoms. The molecule has 0 saturated carbocycles. The van der Waals surface area contributed by atoms with Gasteiger partial charge in [-0.15, -0.1) is 12.4 Å². The summed E-state index contributed by atoms with van der Waals surface area (Å²) in [4.78, 5) is 14.3. The molecule has 94 valence electrons. The van der Waals surface area contributed by atoms with E-state index < -0.39 is 0 Å². The summed E-state index contributed by atoms with van der Waals surface area (Å²) in [6.45, 7) is 10.3. The Morgan fingerprint density at radius 1 is 1.31 bits per heavy atom. The number of rotatable bonds is 2. The summed E-state index contributed by atoms with van der Waals surface area (Å²) < 4.78 is 0. The van der Waals surface area contributed by atoms with Gasteiger partial charge in [-0.25, -0.2) is 0 Å². The molecule has 0 aromatic heterocycles. The third kappa shape index (κ3) is 2.35. The zero-order chi connectivity index (χ0) is 11.1. The maximum atomic E-state index is 12.2. The molecule has 2 aliphatic heterocycles. The Bertz CT molecular complexity index is 256. The van der Waals surface area contributed by atoms with Crippen molar-refractivity contribution in [3.8, 4) is 0 Å². The first-order chi connectivity index (χ1) is 7.04. The second-order valence-corrected chi connectivity index (χ2v) is 5.63. The van der Waals surface area contributed by atoms with Crippen LogP contribution in [0.15, 0.2) is 0 Å². The fourth-order valence-electron chi connectivity index (χ4n) is 2.60. The van der Waals surface area contributed by atoms with Crippen LogP contribution in [0.4, 0.5) is 0 Å². The van der Waals surface area contributed by atoms with Crippen LogP contribution in [0.1, 0.15) is 27.2 Å². The summed E-state index contributed by atoms with van der Waals surface area (Å²) in [5.74, 6) is 1.77. The van der Waals surface area contributed by atoms with Gasteiger partial charge in [-0.3, -0.25) is 4.79 Å². The Morgan fingerprint density at radius 3 is 2.25 bits per heavy atom. The number of nitrogens with one attached hydrogen (secondary N) is 1. The van der Waals surface area contributed by atoms with Gasteiger partial charge >= 0.3 is 0 Å². The Labute approximate surface area is 104 Å². The number of halogens is 1. The van der Waals surface area contributed by atoms with E-state index in [9.17, 15) is 4.79 Å². The maximum Gasteiger partial charge on any atom is 0.228 e. The molecule has 0 radical (unpaired) electrons. The van der Waals surface area contributed by atoms with Crippen molar-refractivity contribution in [1.82, 2.24) is 10.2 Å². The molecule has 0 aliphatic carbocycles. The van der Waals surface area contributed by atoms with Crippen molar-refractivity contribution in [2.75, 3.05) is 26.2 Å². The van der Waals surface area contributed by atoms with Gasteiger partial charge < -0.3 is 10.2 Å². The summed E-state index contributed by atoms with van der Waals surface area (Å²) in [6, 6.07) is 0. The van der Waals surface area contributed by atoms with Crippen LogP contribution in [0.5, 0.6) is 0 Å². The zero-order valence-electron chi connectivity index (χ0n) is 10.5. The minimum absolute atomic E-state index is 0. The number of hydrogen-bond acceptors (Lipinski definition) is 2. The van der Waals surface area contributed by atoms with E-state index in [2.05, 4.69) is 31.0 Å². The zero-order valence-corrected chi connectivity index (χ0v) is 11.3. The highest BCUT2D eigenvalue weighted by atomic mass is 35.5. The van der Waals surface area contributed by atoms with Crippen molar-refractivity contribution in [3.63, 3.8) is 0 Å². The second-order valence-electron chi connectivity index (χ2n) is 5.63. The first-order valence-corrected chi connectivity index (χ1v) is 6.04. The predicted octanol–water partition coefficient (Wildman–Crippen LogP) is 1.52. The lowest BCUT2D eigenvalue weighted by atomic mass is 9.88. The molecule has 0 aromatic carbocycles. The summed E-state index contributed by atoms with van der Waals surface area (Å²) in [5.41, 5.74) is -0.175. The van der Waals surface area contributed by atoms with Crippen molar-refractivity contribution < 1.29 is 4.79 Å². The van der Waals surface area contributed by atoms with Crippen LogP contribution < -0.4 is 5.32 Å². The molecular weight excluding hydrogens is 224 g/mol. The number of likely N-dealkylation sites (tertiary alicyclic amines) is 1. The smallest absolute Gasteiger partial charge is 0.228 e. The van der Waals surface area contributed by atoms with Crippen molar-refractivity contribution in [2.45, 2.75) is 27.2 Å². The van der Waals surface area contributed by atoms with Crippen LogP contribution in [0, 0.1) is 17.3 Å². The monoisotopic (exact) mass is 246 g/mol. The van der Waals surface area contributed by atoms with E-state index in [1.165, 1.54) is 0 Å². The number of carbonyl (C=O) groups is 1. The van der Waals surface area contributed by atoms with E-state index in [1.54, 1.807) is 0 Å². The number of fused-ring (bicyclic) bond motifs is 1. The highest BCUT2D eigenvalue weighted by molar-refractivity contribution is 5.85. The van der Waals surface area contributed by atoms with Gasteiger partial charge in [0.1, 0.15) is 0 Å². The van der Waals surface area contributed by atoms with E-state index in [4.69, 9.17) is 0 Å². The molecule has 2 aliphatic rings. The number of carbonyl (C=O) groups excluding carboxylic acids is 1. The van der Waals surface area contributed by atoms with Crippen LogP contribution >= 0.6 is 12.4 Å². The minimum atomic E-state index is -0.175. The average molecular weight is 247 g/mol. The molecule has 2 heterocycles. The lowest BCUT2D eigenvalue weighted by molar-refractivity contribution is -0.139. The fourth-order valence-corrected chi connectivity index (χ4v) is 2.60. The molecule has 0 unspecified atom stereocenters. The lowest BCUT2D eigenvalue weighted by Gasteiger charge is -2.28. The largest absolute Gasteiger partial charge is 0.342 e. The highest BCUT2D eigenvalue weighted by Gasteiger charge is 2.41. The number of hydrogen-bond donors (Lipinski definition) is 1. The van der Waals surface area contributed by atoms with Crippen LogP contribution in [0.3, 0.4) is 0 Å². The predicted molar refractivity (Wildman–Crippen MR) is 67.7 cm³/mol. The van der Waals surface area contributed by atoms with Gasteiger partial charge in [-0.1, -0.05) is 20.8 Å². The summed E-state index contributed by atoms with van der Waals surface area (Å²) in [5, 5.41) is 3.40. The number of nitrogens with zero attached hydrogens (tertiary/aromatic N) is 1. The first kappa shape index (κ1) is 13.8. The quantitative estimate of drug-likeness (QED) is 0.802. The van der Waals surface area contributed by atoms with Gasteiger partial charge in [0.2, 0.25) is 5.91 Å². The van der Waals surface area contributed by atoms with E-state index in [1.807, 2.05) is 0 Å². The third-order valence-electron chi connectivity index (χ3n) is 4.14. The first-order valence-electron chi connectivity index (χ1n) is 6.04. The van der Waals surface area contributed by atoms with Crippen LogP contribution in [-0.2, 0) is 4.79 Å². The highest BCUT2D eigenvalue weighted by Crippen LogP contribution is 2.31. The molecule has 3 nitrogen and oxygen atoms in total. The van der Waals surface area contributed by atoms with Gasteiger partial charge in [0.15, 0.2) is 0 Å². The Hall–Kier alpha value is -0.280. The molecule has 2 atom stereocenters. The number of amides is 1. The van der Waals surface area contributed by atoms with Crippen LogP contribution in [0.25, 0.3) is 0 Å². The van der Waals surface area contributed by atoms with Gasteiger partial charge in [-0.05, 0) is 18.3 Å². The molecule has 2 saturated heterocycles. The molecule has 0 bridgehead atoms. The molecule has 0 aromatic rings. The fraction of sp³-hybridized carbons (Fsp3) is 0.917. The van der Waals surface area contributed by atoms with E-state index in [0.717, 1.165) is 32.6 Å².